The molecule has 0 N–H and O–H groups in total. The van der Waals surface area contributed by atoms with Gasteiger partial charge in [0, 0.05) is 13.1 Å². The summed E-state index contributed by atoms with van der Waals surface area (Å²) in [5.41, 5.74) is 0. The lowest BCUT2D eigenvalue weighted by Crippen LogP contribution is -2.24. The number of hydrogen-bond donors (Lipinski definition) is 0. The number of nitrogens with zero attached hydrogens (tertiary/aromatic N) is 2. The van der Waals surface area contributed by atoms with E-state index < -0.39 is 5.97 Å². The zero-order chi connectivity index (χ0) is 12.8. The van der Waals surface area contributed by atoms with Crippen LogP contribution in [0.4, 0.5) is 5.13 Å². The van der Waals surface area contributed by atoms with Crippen molar-refractivity contribution in [3.63, 3.8) is 0 Å². The van der Waals surface area contributed by atoms with E-state index in [1.807, 2.05) is 0 Å². The van der Waals surface area contributed by atoms with Crippen molar-refractivity contribution < 1.29 is 9.53 Å². The minimum Gasteiger partial charge on any atom is -0.465 e. The first-order valence-electron chi connectivity index (χ1n) is 5.63. The van der Waals surface area contributed by atoms with Crippen molar-refractivity contribution in [2.75, 3.05) is 25.1 Å². The Morgan fingerprint density at radius 3 is 2.47 bits per heavy atom. The van der Waals surface area contributed by atoms with E-state index in [0.29, 0.717) is 4.88 Å². The van der Waals surface area contributed by atoms with Gasteiger partial charge in [0.15, 0.2) is 15.2 Å². The SMILES string of the molecule is CCCN(CCC)c1nc(Cl)c(C(=O)OC)s1. The van der Waals surface area contributed by atoms with Gasteiger partial charge in [-0.05, 0) is 12.8 Å². The van der Waals surface area contributed by atoms with Gasteiger partial charge in [0.25, 0.3) is 0 Å². The Bertz CT molecular complexity index is 376. The number of halogens is 1. The van der Waals surface area contributed by atoms with E-state index >= 15 is 0 Å². The van der Waals surface area contributed by atoms with Gasteiger partial charge in [-0.25, -0.2) is 9.78 Å². The van der Waals surface area contributed by atoms with Crippen molar-refractivity contribution in [2.45, 2.75) is 26.7 Å². The lowest BCUT2D eigenvalue weighted by Gasteiger charge is -2.19. The van der Waals surface area contributed by atoms with Gasteiger partial charge in [-0.3, -0.25) is 0 Å². The van der Waals surface area contributed by atoms with Crippen LogP contribution in [0.5, 0.6) is 0 Å². The number of methoxy groups -OCH3 is 1. The van der Waals surface area contributed by atoms with Crippen LogP contribution in [0.15, 0.2) is 0 Å². The van der Waals surface area contributed by atoms with Crippen LogP contribution in [0.25, 0.3) is 0 Å². The van der Waals surface area contributed by atoms with E-state index in [0.717, 1.165) is 31.1 Å². The van der Waals surface area contributed by atoms with Crippen LogP contribution < -0.4 is 4.90 Å². The van der Waals surface area contributed by atoms with Crippen molar-refractivity contribution in [3.05, 3.63) is 10.0 Å². The molecular formula is C11H17ClN2O2S. The van der Waals surface area contributed by atoms with Crippen molar-refractivity contribution in [3.8, 4) is 0 Å². The predicted molar refractivity (Wildman–Crippen MR) is 71.3 cm³/mol. The smallest absolute Gasteiger partial charge is 0.351 e. The molecule has 0 saturated carbocycles. The Hall–Kier alpha value is -0.810. The minimum atomic E-state index is -0.424. The topological polar surface area (TPSA) is 42.4 Å². The molecular weight excluding hydrogens is 260 g/mol. The molecule has 4 nitrogen and oxygen atoms in total. The summed E-state index contributed by atoms with van der Waals surface area (Å²) in [6.45, 7) is 6.05. The summed E-state index contributed by atoms with van der Waals surface area (Å²) in [7, 11) is 1.34. The highest BCUT2D eigenvalue weighted by Crippen LogP contribution is 2.30. The maximum absolute atomic E-state index is 11.4. The molecule has 0 saturated heterocycles. The number of aromatic nitrogens is 1. The van der Waals surface area contributed by atoms with Crippen LogP contribution in [-0.4, -0.2) is 31.2 Å². The summed E-state index contributed by atoms with van der Waals surface area (Å²) in [6.07, 6.45) is 2.06. The van der Waals surface area contributed by atoms with Crippen molar-refractivity contribution in [1.29, 1.82) is 0 Å². The fraction of sp³-hybridized carbons (Fsp3) is 0.636. The monoisotopic (exact) mass is 276 g/mol. The number of esters is 1. The fourth-order valence-corrected chi connectivity index (χ4v) is 2.74. The fourth-order valence-electron chi connectivity index (χ4n) is 1.49. The first-order valence-corrected chi connectivity index (χ1v) is 6.83. The van der Waals surface area contributed by atoms with E-state index in [9.17, 15) is 4.79 Å². The molecule has 0 aliphatic heterocycles. The quantitative estimate of drug-likeness (QED) is 0.748. The molecule has 0 radical (unpaired) electrons. The third-order valence-corrected chi connectivity index (χ3v) is 3.68. The number of anilines is 1. The second-order valence-electron chi connectivity index (χ2n) is 3.60. The number of carbonyl (C=O) groups excluding carboxylic acids is 1. The third-order valence-electron chi connectivity index (χ3n) is 2.20. The Labute approximate surface area is 111 Å². The Balaban J connectivity index is 2.93. The highest BCUT2D eigenvalue weighted by Gasteiger charge is 2.19. The van der Waals surface area contributed by atoms with Gasteiger partial charge >= 0.3 is 5.97 Å². The van der Waals surface area contributed by atoms with Crippen LogP contribution in [0.1, 0.15) is 36.4 Å². The van der Waals surface area contributed by atoms with Crippen LogP contribution >= 0.6 is 22.9 Å². The molecule has 0 spiro atoms. The molecule has 0 aromatic carbocycles. The Morgan fingerprint density at radius 2 is 2.00 bits per heavy atom. The summed E-state index contributed by atoms with van der Waals surface area (Å²) >= 11 is 7.22. The zero-order valence-electron chi connectivity index (χ0n) is 10.3. The zero-order valence-corrected chi connectivity index (χ0v) is 11.9. The number of thiazole rings is 1. The number of ether oxygens (including phenoxy) is 1. The Morgan fingerprint density at radius 1 is 1.41 bits per heavy atom. The van der Waals surface area contributed by atoms with E-state index in [-0.39, 0.29) is 5.15 Å². The maximum atomic E-state index is 11.4. The first kappa shape index (κ1) is 14.3. The maximum Gasteiger partial charge on any atom is 0.351 e. The summed E-state index contributed by atoms with van der Waals surface area (Å²) < 4.78 is 4.66. The van der Waals surface area contributed by atoms with Crippen LogP contribution in [0, 0.1) is 0 Å². The van der Waals surface area contributed by atoms with Crippen molar-refractivity contribution >= 4 is 34.0 Å². The highest BCUT2D eigenvalue weighted by molar-refractivity contribution is 7.18. The van der Waals surface area contributed by atoms with Gasteiger partial charge < -0.3 is 9.64 Å². The summed E-state index contributed by atoms with van der Waals surface area (Å²) in [6, 6.07) is 0. The molecule has 0 aliphatic carbocycles. The second kappa shape index (κ2) is 6.81. The molecule has 0 bridgehead atoms. The number of carbonyl (C=O) groups is 1. The average Bonchev–Trinajstić information content (AvgIpc) is 2.70. The third kappa shape index (κ3) is 3.57. The average molecular weight is 277 g/mol. The summed E-state index contributed by atoms with van der Waals surface area (Å²) in [4.78, 5) is 18.2. The number of rotatable bonds is 6. The molecule has 1 aromatic heterocycles. The Kier molecular flexibility index (Phi) is 5.71. The molecule has 96 valence electrons. The molecule has 1 aromatic rings. The standard InChI is InChI=1S/C11H17ClN2O2S/c1-4-6-14(7-5-2)11-13-9(12)8(17-11)10(15)16-3/h4-7H2,1-3H3. The molecule has 6 heteroatoms. The van der Waals surface area contributed by atoms with E-state index in [2.05, 4.69) is 28.5 Å². The molecule has 1 rings (SSSR count). The predicted octanol–water partition coefficient (Wildman–Crippen LogP) is 3.21. The van der Waals surface area contributed by atoms with Crippen LogP contribution in [0.3, 0.4) is 0 Å². The molecule has 0 aliphatic rings. The van der Waals surface area contributed by atoms with Crippen molar-refractivity contribution in [1.82, 2.24) is 4.98 Å². The number of hydrogen-bond acceptors (Lipinski definition) is 5. The van der Waals surface area contributed by atoms with E-state index in [1.165, 1.54) is 18.4 Å². The van der Waals surface area contributed by atoms with Gasteiger partial charge in [0.1, 0.15) is 0 Å². The lowest BCUT2D eigenvalue weighted by atomic mass is 10.4. The molecule has 0 atom stereocenters. The van der Waals surface area contributed by atoms with E-state index in [4.69, 9.17) is 11.6 Å². The molecule has 0 unspecified atom stereocenters. The highest BCUT2D eigenvalue weighted by atomic mass is 35.5. The van der Waals surface area contributed by atoms with Gasteiger partial charge in [-0.1, -0.05) is 36.8 Å². The van der Waals surface area contributed by atoms with Crippen LogP contribution in [-0.2, 0) is 4.74 Å². The largest absolute Gasteiger partial charge is 0.465 e. The molecule has 1 heterocycles. The van der Waals surface area contributed by atoms with Gasteiger partial charge in [-0.15, -0.1) is 0 Å². The molecule has 0 amide bonds. The molecule has 17 heavy (non-hydrogen) atoms. The summed E-state index contributed by atoms with van der Waals surface area (Å²) in [5, 5.41) is 1.02. The van der Waals surface area contributed by atoms with E-state index in [1.54, 1.807) is 0 Å². The normalized spacial score (nSPS) is 10.4. The minimum absolute atomic E-state index is 0.231. The summed E-state index contributed by atoms with van der Waals surface area (Å²) in [5.74, 6) is -0.424. The first-order chi connectivity index (χ1) is 8.13. The van der Waals surface area contributed by atoms with Gasteiger partial charge in [0.2, 0.25) is 0 Å². The lowest BCUT2D eigenvalue weighted by molar-refractivity contribution is 0.0606. The van der Waals surface area contributed by atoms with Gasteiger partial charge in [0.05, 0.1) is 7.11 Å². The second-order valence-corrected chi connectivity index (χ2v) is 4.93. The van der Waals surface area contributed by atoms with Crippen LogP contribution in [0.2, 0.25) is 5.15 Å². The van der Waals surface area contributed by atoms with Gasteiger partial charge in [-0.2, -0.15) is 0 Å². The van der Waals surface area contributed by atoms with Crippen molar-refractivity contribution in [2.24, 2.45) is 0 Å². The molecule has 0 fully saturated rings.